The Hall–Kier alpha value is -2.18. The minimum absolute atomic E-state index is 0.0813. The summed E-state index contributed by atoms with van der Waals surface area (Å²) in [5.74, 6) is 0.960. The minimum atomic E-state index is -0.125. The maximum absolute atomic E-state index is 12.9. The molecule has 1 aromatic carbocycles. The van der Waals surface area contributed by atoms with Gasteiger partial charge in [-0.3, -0.25) is 14.6 Å². The lowest BCUT2D eigenvalue weighted by Gasteiger charge is -2.37. The molecule has 0 bridgehead atoms. The molecule has 0 aliphatic carbocycles. The second-order valence-corrected chi connectivity index (χ2v) is 7.68. The van der Waals surface area contributed by atoms with Gasteiger partial charge in [-0.05, 0) is 25.8 Å². The van der Waals surface area contributed by atoms with E-state index in [4.69, 9.17) is 4.52 Å². The molecule has 1 N–H and O–H groups in total. The van der Waals surface area contributed by atoms with Crippen molar-refractivity contribution < 1.29 is 9.32 Å². The van der Waals surface area contributed by atoms with Crippen molar-refractivity contribution in [3.05, 3.63) is 53.4 Å². The Bertz CT molecular complexity index is 738. The highest BCUT2D eigenvalue weighted by Gasteiger charge is 2.27. The first-order valence-corrected chi connectivity index (χ1v) is 10.3. The van der Waals surface area contributed by atoms with Crippen LogP contribution in [0.1, 0.15) is 49.7 Å². The molecule has 6 nitrogen and oxygen atoms in total. The number of aromatic nitrogens is 1. The van der Waals surface area contributed by atoms with E-state index in [9.17, 15) is 4.79 Å². The van der Waals surface area contributed by atoms with Crippen molar-refractivity contribution >= 4 is 5.91 Å². The third-order valence-electron chi connectivity index (χ3n) is 5.49. The van der Waals surface area contributed by atoms with E-state index in [1.54, 1.807) is 0 Å². The predicted molar refractivity (Wildman–Crippen MR) is 110 cm³/mol. The van der Waals surface area contributed by atoms with E-state index in [2.05, 4.69) is 39.3 Å². The molecule has 152 valence electrons. The van der Waals surface area contributed by atoms with Crippen LogP contribution in [0.5, 0.6) is 0 Å². The van der Waals surface area contributed by atoms with Crippen LogP contribution in [0.3, 0.4) is 0 Å². The number of amides is 1. The Morgan fingerprint density at radius 1 is 1.21 bits per heavy atom. The first-order chi connectivity index (χ1) is 13.6. The van der Waals surface area contributed by atoms with Crippen molar-refractivity contribution in [3.63, 3.8) is 0 Å². The molecule has 1 amide bonds. The van der Waals surface area contributed by atoms with E-state index in [0.29, 0.717) is 0 Å². The summed E-state index contributed by atoms with van der Waals surface area (Å²) in [6, 6.07) is 12.2. The van der Waals surface area contributed by atoms with E-state index in [-0.39, 0.29) is 18.0 Å². The smallest absolute Gasteiger partial charge is 0.237 e. The number of hydrogen-bond acceptors (Lipinski definition) is 5. The number of nitrogens with zero attached hydrogens (tertiary/aromatic N) is 3. The lowest BCUT2D eigenvalue weighted by Crippen LogP contribution is -2.54. The monoisotopic (exact) mass is 384 g/mol. The molecule has 0 radical (unpaired) electrons. The Morgan fingerprint density at radius 2 is 1.93 bits per heavy atom. The lowest BCUT2D eigenvalue weighted by molar-refractivity contribution is -0.127. The van der Waals surface area contributed by atoms with Gasteiger partial charge in [0, 0.05) is 38.8 Å². The summed E-state index contributed by atoms with van der Waals surface area (Å²) in [5, 5.41) is 7.35. The largest absolute Gasteiger partial charge is 0.361 e. The Kier molecular flexibility index (Phi) is 7.23. The van der Waals surface area contributed by atoms with Crippen LogP contribution in [0, 0.1) is 6.92 Å². The van der Waals surface area contributed by atoms with E-state index in [0.717, 1.165) is 57.0 Å². The molecule has 6 heteroatoms. The molecule has 0 spiro atoms. The topological polar surface area (TPSA) is 61.6 Å². The van der Waals surface area contributed by atoms with Gasteiger partial charge < -0.3 is 9.84 Å². The number of piperazine rings is 1. The molecule has 2 heterocycles. The number of rotatable bonds is 8. The lowest BCUT2D eigenvalue weighted by atomic mass is 10.0. The molecule has 2 aromatic rings. The number of carbonyl (C=O) groups excluding carboxylic acids is 1. The number of carbonyl (C=O) groups is 1. The molecule has 0 saturated carbocycles. The molecule has 1 aromatic heterocycles. The van der Waals surface area contributed by atoms with Crippen molar-refractivity contribution in [1.29, 1.82) is 0 Å². The van der Waals surface area contributed by atoms with Crippen LogP contribution in [0.15, 0.2) is 40.9 Å². The summed E-state index contributed by atoms with van der Waals surface area (Å²) in [5.41, 5.74) is 2.15. The summed E-state index contributed by atoms with van der Waals surface area (Å²) < 4.78 is 5.15. The van der Waals surface area contributed by atoms with Crippen molar-refractivity contribution in [2.75, 3.05) is 26.2 Å². The van der Waals surface area contributed by atoms with Gasteiger partial charge >= 0.3 is 0 Å². The average molecular weight is 385 g/mol. The Labute approximate surface area is 167 Å². The highest BCUT2D eigenvalue weighted by Crippen LogP contribution is 2.19. The van der Waals surface area contributed by atoms with Gasteiger partial charge in [-0.2, -0.15) is 0 Å². The van der Waals surface area contributed by atoms with Crippen molar-refractivity contribution in [2.45, 2.75) is 52.2 Å². The van der Waals surface area contributed by atoms with Crippen LogP contribution < -0.4 is 5.32 Å². The van der Waals surface area contributed by atoms with E-state index in [1.165, 1.54) is 5.56 Å². The molecule has 1 saturated heterocycles. The van der Waals surface area contributed by atoms with Gasteiger partial charge in [0.15, 0.2) is 0 Å². The highest BCUT2D eigenvalue weighted by molar-refractivity contribution is 5.81. The normalized spacial score (nSPS) is 18.0. The van der Waals surface area contributed by atoms with Crippen LogP contribution in [0.4, 0.5) is 0 Å². The zero-order valence-electron chi connectivity index (χ0n) is 17.2. The summed E-state index contributed by atoms with van der Waals surface area (Å²) in [6.45, 7) is 10.5. The number of hydrogen-bond donors (Lipinski definition) is 1. The fourth-order valence-corrected chi connectivity index (χ4v) is 3.78. The number of nitrogens with one attached hydrogen (secondary N) is 1. The Balaban J connectivity index is 1.50. The summed E-state index contributed by atoms with van der Waals surface area (Å²) >= 11 is 0. The second-order valence-electron chi connectivity index (χ2n) is 7.68. The third-order valence-corrected chi connectivity index (χ3v) is 5.49. The summed E-state index contributed by atoms with van der Waals surface area (Å²) in [4.78, 5) is 17.5. The van der Waals surface area contributed by atoms with Gasteiger partial charge in [0.2, 0.25) is 5.91 Å². The fraction of sp³-hybridized carbons (Fsp3) is 0.545. The number of benzene rings is 1. The summed E-state index contributed by atoms with van der Waals surface area (Å²) in [7, 11) is 0. The minimum Gasteiger partial charge on any atom is -0.361 e. The predicted octanol–water partition coefficient (Wildman–Crippen LogP) is 3.15. The van der Waals surface area contributed by atoms with Gasteiger partial charge in [-0.15, -0.1) is 0 Å². The highest BCUT2D eigenvalue weighted by atomic mass is 16.5. The molecular weight excluding hydrogens is 352 g/mol. The van der Waals surface area contributed by atoms with Crippen molar-refractivity contribution in [3.8, 4) is 0 Å². The molecule has 2 unspecified atom stereocenters. The zero-order valence-corrected chi connectivity index (χ0v) is 17.2. The SMILES string of the molecule is CCCC(NC(=O)C(C)N1CCN(Cc2cc(C)on2)CC1)c1ccccc1. The van der Waals surface area contributed by atoms with E-state index < -0.39 is 0 Å². The summed E-state index contributed by atoms with van der Waals surface area (Å²) in [6.07, 6.45) is 1.99. The van der Waals surface area contributed by atoms with Gasteiger partial charge in [-0.25, -0.2) is 0 Å². The van der Waals surface area contributed by atoms with Gasteiger partial charge in [0.05, 0.1) is 17.8 Å². The molecule has 1 fully saturated rings. The average Bonchev–Trinajstić information content (AvgIpc) is 3.13. The van der Waals surface area contributed by atoms with Crippen LogP contribution in [0.2, 0.25) is 0 Å². The molecule has 1 aliphatic rings. The zero-order chi connectivity index (χ0) is 19.9. The van der Waals surface area contributed by atoms with Crippen molar-refractivity contribution in [1.82, 2.24) is 20.3 Å². The van der Waals surface area contributed by atoms with E-state index in [1.807, 2.05) is 38.1 Å². The molecule has 2 atom stereocenters. The quantitative estimate of drug-likeness (QED) is 0.758. The maximum atomic E-state index is 12.9. The first-order valence-electron chi connectivity index (χ1n) is 10.3. The third kappa shape index (κ3) is 5.42. The van der Waals surface area contributed by atoms with Crippen LogP contribution >= 0.6 is 0 Å². The van der Waals surface area contributed by atoms with Gasteiger partial charge in [0.25, 0.3) is 0 Å². The molecule has 1 aliphatic heterocycles. The molecule has 3 rings (SSSR count). The first kappa shape index (κ1) is 20.6. The van der Waals surface area contributed by atoms with Crippen molar-refractivity contribution in [2.24, 2.45) is 0 Å². The standard InChI is InChI=1S/C22H32N4O2/c1-4-8-21(19-9-6-5-7-10-19)23-22(27)18(3)26-13-11-25(12-14-26)16-20-15-17(2)28-24-20/h5-7,9-10,15,18,21H,4,8,11-14,16H2,1-3H3,(H,23,27). The van der Waals surface area contributed by atoms with Crippen LogP contribution in [-0.2, 0) is 11.3 Å². The van der Waals surface area contributed by atoms with Gasteiger partial charge in [-0.1, -0.05) is 48.8 Å². The van der Waals surface area contributed by atoms with Crippen LogP contribution in [-0.4, -0.2) is 53.1 Å². The Morgan fingerprint density at radius 3 is 2.54 bits per heavy atom. The molecule has 28 heavy (non-hydrogen) atoms. The number of aryl methyl sites for hydroxylation is 1. The van der Waals surface area contributed by atoms with E-state index >= 15 is 0 Å². The maximum Gasteiger partial charge on any atom is 0.237 e. The van der Waals surface area contributed by atoms with Crippen LogP contribution in [0.25, 0.3) is 0 Å². The fourth-order valence-electron chi connectivity index (χ4n) is 3.78. The van der Waals surface area contributed by atoms with Gasteiger partial charge in [0.1, 0.15) is 5.76 Å². The molecular formula is C22H32N4O2. The second kappa shape index (κ2) is 9.85.